The van der Waals surface area contributed by atoms with Crippen LogP contribution in [0.15, 0.2) is 18.5 Å². The monoisotopic (exact) mass is 293 g/mol. The van der Waals surface area contributed by atoms with Gasteiger partial charge in [0.05, 0.1) is 0 Å². The minimum atomic E-state index is 0.104. The zero-order chi connectivity index (χ0) is 15.9. The predicted molar refractivity (Wildman–Crippen MR) is 86.9 cm³/mol. The lowest BCUT2D eigenvalue weighted by molar-refractivity contribution is -0.122. The van der Waals surface area contributed by atoms with Gasteiger partial charge in [-0.2, -0.15) is 5.10 Å². The number of aromatic nitrogens is 2. The number of rotatable bonds is 8. The van der Waals surface area contributed by atoms with Crippen LogP contribution in [0.4, 0.5) is 0 Å². The van der Waals surface area contributed by atoms with Gasteiger partial charge in [0, 0.05) is 31.4 Å². The molecule has 4 nitrogen and oxygen atoms in total. The molecule has 0 aliphatic carbocycles. The maximum atomic E-state index is 12.1. The quantitative estimate of drug-likeness (QED) is 0.795. The first-order valence-electron chi connectivity index (χ1n) is 8.06. The Morgan fingerprint density at radius 1 is 1.29 bits per heavy atom. The van der Waals surface area contributed by atoms with Gasteiger partial charge in [-0.05, 0) is 36.7 Å². The molecule has 1 rings (SSSR count). The fourth-order valence-electron chi connectivity index (χ4n) is 2.32. The highest BCUT2D eigenvalue weighted by atomic mass is 16.1. The lowest BCUT2D eigenvalue weighted by Gasteiger charge is -2.32. The van der Waals surface area contributed by atoms with Gasteiger partial charge in [0.25, 0.3) is 0 Å². The molecule has 0 aliphatic rings. The minimum absolute atomic E-state index is 0.104. The molecule has 0 fully saturated rings. The van der Waals surface area contributed by atoms with Gasteiger partial charge in [0.1, 0.15) is 0 Å². The molecule has 1 heterocycles. The maximum absolute atomic E-state index is 12.1. The van der Waals surface area contributed by atoms with E-state index in [2.05, 4.69) is 45.0 Å². The first kappa shape index (κ1) is 17.7. The highest BCUT2D eigenvalue weighted by Gasteiger charge is 2.25. The molecule has 0 saturated carbocycles. The Morgan fingerprint density at radius 2 is 2.00 bits per heavy atom. The van der Waals surface area contributed by atoms with Gasteiger partial charge >= 0.3 is 0 Å². The van der Waals surface area contributed by atoms with Crippen molar-refractivity contribution in [1.82, 2.24) is 15.1 Å². The van der Waals surface area contributed by atoms with Crippen molar-refractivity contribution in [3.8, 4) is 0 Å². The topological polar surface area (TPSA) is 46.9 Å². The van der Waals surface area contributed by atoms with E-state index in [-0.39, 0.29) is 17.4 Å². The number of carbonyl (C=O) groups excluding carboxylic acids is 1. The molecule has 1 unspecified atom stereocenters. The molecule has 4 heteroatoms. The fraction of sp³-hybridized carbons (Fsp3) is 0.765. The van der Waals surface area contributed by atoms with Crippen LogP contribution < -0.4 is 5.32 Å². The molecule has 1 N–H and O–H groups in total. The average Bonchev–Trinajstić information content (AvgIpc) is 2.85. The van der Waals surface area contributed by atoms with Gasteiger partial charge in [-0.3, -0.25) is 9.48 Å². The van der Waals surface area contributed by atoms with Gasteiger partial charge in [-0.25, -0.2) is 0 Å². The molecule has 0 aliphatic heterocycles. The zero-order valence-electron chi connectivity index (χ0n) is 14.2. The van der Waals surface area contributed by atoms with Crippen LogP contribution in [0.5, 0.6) is 0 Å². The third kappa shape index (κ3) is 7.30. The Bertz CT molecular complexity index is 404. The van der Waals surface area contributed by atoms with Crippen molar-refractivity contribution in [3.05, 3.63) is 18.5 Å². The summed E-state index contributed by atoms with van der Waals surface area (Å²) >= 11 is 0. The highest BCUT2D eigenvalue weighted by molar-refractivity contribution is 5.76. The molecular formula is C17H31N3O. The van der Waals surface area contributed by atoms with Crippen LogP contribution in [0.2, 0.25) is 0 Å². The number of amides is 1. The Morgan fingerprint density at radius 3 is 2.52 bits per heavy atom. The Labute approximate surface area is 129 Å². The first-order chi connectivity index (χ1) is 9.79. The van der Waals surface area contributed by atoms with Crippen LogP contribution in [0.3, 0.4) is 0 Å². The van der Waals surface area contributed by atoms with Crippen LogP contribution in [0, 0.1) is 11.3 Å². The molecule has 1 aromatic heterocycles. The molecule has 1 amide bonds. The summed E-state index contributed by atoms with van der Waals surface area (Å²) in [5.74, 6) is 0.831. The standard InChI is InChI=1S/C17H31N3O/c1-14(2)9-10-15(17(3,4)5)19-16(21)8-6-12-20-13-7-11-18-20/h7,11,13-15H,6,8-10,12H2,1-5H3,(H,19,21). The van der Waals surface area contributed by atoms with E-state index in [1.165, 1.54) is 0 Å². The fourth-order valence-corrected chi connectivity index (χ4v) is 2.32. The summed E-state index contributed by atoms with van der Waals surface area (Å²) in [5, 5.41) is 7.37. The molecule has 120 valence electrons. The smallest absolute Gasteiger partial charge is 0.220 e. The highest BCUT2D eigenvalue weighted by Crippen LogP contribution is 2.24. The number of hydrogen-bond acceptors (Lipinski definition) is 2. The van der Waals surface area contributed by atoms with E-state index >= 15 is 0 Å². The average molecular weight is 293 g/mol. The zero-order valence-corrected chi connectivity index (χ0v) is 14.2. The van der Waals surface area contributed by atoms with E-state index in [1.54, 1.807) is 6.20 Å². The van der Waals surface area contributed by atoms with Crippen molar-refractivity contribution >= 4 is 5.91 Å². The third-order valence-corrected chi connectivity index (χ3v) is 3.76. The molecule has 0 saturated heterocycles. The number of nitrogens with one attached hydrogen (secondary N) is 1. The third-order valence-electron chi connectivity index (χ3n) is 3.76. The van der Waals surface area contributed by atoms with Crippen molar-refractivity contribution in [1.29, 1.82) is 0 Å². The predicted octanol–water partition coefficient (Wildman–Crippen LogP) is 3.63. The van der Waals surface area contributed by atoms with Crippen LogP contribution in [0.1, 0.15) is 60.3 Å². The van der Waals surface area contributed by atoms with Gasteiger partial charge in [0.15, 0.2) is 0 Å². The van der Waals surface area contributed by atoms with Gasteiger partial charge in [0.2, 0.25) is 5.91 Å². The summed E-state index contributed by atoms with van der Waals surface area (Å²) in [6, 6.07) is 2.15. The number of aryl methyl sites for hydroxylation is 1. The molecule has 21 heavy (non-hydrogen) atoms. The van der Waals surface area contributed by atoms with Crippen molar-refractivity contribution in [2.24, 2.45) is 11.3 Å². The maximum Gasteiger partial charge on any atom is 0.220 e. The molecule has 1 aromatic rings. The van der Waals surface area contributed by atoms with Crippen molar-refractivity contribution in [3.63, 3.8) is 0 Å². The van der Waals surface area contributed by atoms with Crippen LogP contribution in [0.25, 0.3) is 0 Å². The summed E-state index contributed by atoms with van der Waals surface area (Å²) < 4.78 is 1.87. The summed E-state index contributed by atoms with van der Waals surface area (Å²) in [5.41, 5.74) is 0.104. The van der Waals surface area contributed by atoms with E-state index in [0.29, 0.717) is 12.3 Å². The van der Waals surface area contributed by atoms with E-state index in [4.69, 9.17) is 0 Å². The first-order valence-corrected chi connectivity index (χ1v) is 8.06. The lowest BCUT2D eigenvalue weighted by atomic mass is 9.82. The van der Waals surface area contributed by atoms with E-state index in [9.17, 15) is 4.79 Å². The van der Waals surface area contributed by atoms with Crippen LogP contribution >= 0.6 is 0 Å². The largest absolute Gasteiger partial charge is 0.353 e. The number of nitrogens with zero attached hydrogens (tertiary/aromatic N) is 2. The molecule has 0 spiro atoms. The van der Waals surface area contributed by atoms with Gasteiger partial charge in [-0.1, -0.05) is 34.6 Å². The summed E-state index contributed by atoms with van der Waals surface area (Å²) in [7, 11) is 0. The SMILES string of the molecule is CC(C)CCC(NC(=O)CCCn1cccn1)C(C)(C)C. The minimum Gasteiger partial charge on any atom is -0.353 e. The summed E-state index contributed by atoms with van der Waals surface area (Å²) in [6.45, 7) is 11.8. The Hall–Kier alpha value is -1.32. The molecule has 0 radical (unpaired) electrons. The van der Waals surface area contributed by atoms with Gasteiger partial charge in [-0.15, -0.1) is 0 Å². The van der Waals surface area contributed by atoms with Crippen molar-refractivity contribution in [2.75, 3.05) is 0 Å². The Kier molecular flexibility index (Phi) is 6.93. The number of carbonyl (C=O) groups is 1. The van der Waals surface area contributed by atoms with E-state index in [1.807, 2.05) is 16.9 Å². The van der Waals surface area contributed by atoms with Crippen molar-refractivity contribution < 1.29 is 4.79 Å². The second-order valence-electron chi connectivity index (χ2n) is 7.33. The molecular weight excluding hydrogens is 262 g/mol. The van der Waals surface area contributed by atoms with Crippen LogP contribution in [-0.4, -0.2) is 21.7 Å². The molecule has 0 aromatic carbocycles. The van der Waals surface area contributed by atoms with Crippen LogP contribution in [-0.2, 0) is 11.3 Å². The second-order valence-corrected chi connectivity index (χ2v) is 7.33. The van der Waals surface area contributed by atoms with E-state index in [0.717, 1.165) is 25.8 Å². The summed E-state index contributed by atoms with van der Waals surface area (Å²) in [6.07, 6.45) is 7.28. The van der Waals surface area contributed by atoms with Crippen molar-refractivity contribution in [2.45, 2.75) is 72.9 Å². The normalized spacial score (nSPS) is 13.4. The number of hydrogen-bond donors (Lipinski definition) is 1. The molecule has 1 atom stereocenters. The molecule has 0 bridgehead atoms. The Balaban J connectivity index is 2.37. The summed E-state index contributed by atoms with van der Waals surface area (Å²) in [4.78, 5) is 12.1. The second kappa shape index (κ2) is 8.20. The van der Waals surface area contributed by atoms with E-state index < -0.39 is 0 Å². The van der Waals surface area contributed by atoms with Gasteiger partial charge < -0.3 is 5.32 Å². The lowest BCUT2D eigenvalue weighted by Crippen LogP contribution is -2.43.